The van der Waals surface area contributed by atoms with Gasteiger partial charge in [-0.15, -0.1) is 0 Å². The van der Waals surface area contributed by atoms with Gasteiger partial charge in [-0.3, -0.25) is 0 Å². The standard InChI is InChI=1S/C13H22N2O/c1-3-11-10(8-9-16)6-5-7-12(11)13(14,15)4-2/h5-7,16H,3-4,8-9,14-15H2,1-2H3. The number of rotatable bonds is 5. The van der Waals surface area contributed by atoms with Gasteiger partial charge in [0.25, 0.3) is 0 Å². The SMILES string of the molecule is CCc1c(CCO)cccc1C(N)(N)CC. The lowest BCUT2D eigenvalue weighted by Gasteiger charge is -2.27. The molecule has 0 saturated heterocycles. The lowest BCUT2D eigenvalue weighted by atomic mass is 9.88. The predicted octanol–water partition coefficient (Wildman–Crippen LogP) is 1.26. The summed E-state index contributed by atoms with van der Waals surface area (Å²) in [5.74, 6) is 0. The monoisotopic (exact) mass is 222 g/mol. The molecular weight excluding hydrogens is 200 g/mol. The molecule has 16 heavy (non-hydrogen) atoms. The number of aliphatic hydroxyl groups excluding tert-OH is 1. The number of nitrogens with two attached hydrogens (primary N) is 2. The molecule has 5 N–H and O–H groups in total. The Morgan fingerprint density at radius 3 is 2.44 bits per heavy atom. The van der Waals surface area contributed by atoms with Crippen molar-refractivity contribution in [3.8, 4) is 0 Å². The van der Waals surface area contributed by atoms with E-state index in [4.69, 9.17) is 16.6 Å². The number of hydrogen-bond acceptors (Lipinski definition) is 3. The fraction of sp³-hybridized carbons (Fsp3) is 0.538. The minimum absolute atomic E-state index is 0.157. The van der Waals surface area contributed by atoms with Crippen LogP contribution in [0, 0.1) is 0 Å². The first kappa shape index (κ1) is 13.2. The molecule has 0 aromatic heterocycles. The molecule has 0 atom stereocenters. The highest BCUT2D eigenvalue weighted by molar-refractivity contribution is 5.39. The van der Waals surface area contributed by atoms with Gasteiger partial charge >= 0.3 is 0 Å². The van der Waals surface area contributed by atoms with E-state index in [1.807, 2.05) is 25.1 Å². The van der Waals surface area contributed by atoms with E-state index in [0.717, 1.165) is 17.5 Å². The van der Waals surface area contributed by atoms with Crippen molar-refractivity contribution in [2.45, 2.75) is 38.8 Å². The highest BCUT2D eigenvalue weighted by atomic mass is 16.2. The Labute approximate surface area is 97.5 Å². The smallest absolute Gasteiger partial charge is 0.0899 e. The second kappa shape index (κ2) is 5.43. The maximum Gasteiger partial charge on any atom is 0.0899 e. The first-order chi connectivity index (χ1) is 7.56. The van der Waals surface area contributed by atoms with Crippen LogP contribution in [0.3, 0.4) is 0 Å². The van der Waals surface area contributed by atoms with Crippen molar-refractivity contribution in [3.05, 3.63) is 34.9 Å². The lowest BCUT2D eigenvalue weighted by Crippen LogP contribution is -2.46. The summed E-state index contributed by atoms with van der Waals surface area (Å²) in [6.07, 6.45) is 2.25. The van der Waals surface area contributed by atoms with E-state index < -0.39 is 5.66 Å². The first-order valence-electron chi connectivity index (χ1n) is 5.86. The number of hydrogen-bond donors (Lipinski definition) is 3. The number of benzene rings is 1. The van der Waals surface area contributed by atoms with Gasteiger partial charge in [0.05, 0.1) is 5.66 Å². The van der Waals surface area contributed by atoms with E-state index in [0.29, 0.717) is 12.8 Å². The van der Waals surface area contributed by atoms with Gasteiger partial charge < -0.3 is 16.6 Å². The second-order valence-corrected chi connectivity index (χ2v) is 4.16. The molecule has 0 bridgehead atoms. The average molecular weight is 222 g/mol. The zero-order valence-electron chi connectivity index (χ0n) is 10.2. The van der Waals surface area contributed by atoms with Crippen molar-refractivity contribution in [1.29, 1.82) is 0 Å². The summed E-state index contributed by atoms with van der Waals surface area (Å²) < 4.78 is 0. The summed E-state index contributed by atoms with van der Waals surface area (Å²) in [6, 6.07) is 5.98. The fourth-order valence-corrected chi connectivity index (χ4v) is 2.03. The van der Waals surface area contributed by atoms with Crippen molar-refractivity contribution < 1.29 is 5.11 Å². The Bertz CT molecular complexity index is 348. The molecule has 0 amide bonds. The van der Waals surface area contributed by atoms with Gasteiger partial charge in [-0.05, 0) is 36.0 Å². The van der Waals surface area contributed by atoms with Crippen LogP contribution in [0.2, 0.25) is 0 Å². The summed E-state index contributed by atoms with van der Waals surface area (Å²) in [7, 11) is 0. The van der Waals surface area contributed by atoms with Gasteiger partial charge in [-0.2, -0.15) is 0 Å². The molecule has 1 rings (SSSR count). The molecule has 3 nitrogen and oxygen atoms in total. The van der Waals surface area contributed by atoms with Crippen LogP contribution in [0.5, 0.6) is 0 Å². The Balaban J connectivity index is 3.23. The Hall–Kier alpha value is -0.900. The first-order valence-corrected chi connectivity index (χ1v) is 5.86. The van der Waals surface area contributed by atoms with Crippen LogP contribution in [0.25, 0.3) is 0 Å². The quantitative estimate of drug-likeness (QED) is 0.657. The van der Waals surface area contributed by atoms with E-state index in [2.05, 4.69) is 6.92 Å². The largest absolute Gasteiger partial charge is 0.396 e. The van der Waals surface area contributed by atoms with Crippen LogP contribution in [0.1, 0.15) is 37.0 Å². The van der Waals surface area contributed by atoms with Crippen molar-refractivity contribution in [2.75, 3.05) is 6.61 Å². The molecule has 1 aromatic rings. The van der Waals surface area contributed by atoms with Gasteiger partial charge in [0, 0.05) is 6.61 Å². The maximum atomic E-state index is 9.03. The van der Waals surface area contributed by atoms with Gasteiger partial charge in [-0.25, -0.2) is 0 Å². The summed E-state index contributed by atoms with van der Waals surface area (Å²) in [6.45, 7) is 4.23. The minimum atomic E-state index is -0.767. The van der Waals surface area contributed by atoms with E-state index in [-0.39, 0.29) is 6.61 Å². The summed E-state index contributed by atoms with van der Waals surface area (Å²) in [4.78, 5) is 0. The normalized spacial score (nSPS) is 11.8. The lowest BCUT2D eigenvalue weighted by molar-refractivity contribution is 0.299. The Morgan fingerprint density at radius 1 is 1.25 bits per heavy atom. The zero-order valence-corrected chi connectivity index (χ0v) is 10.2. The minimum Gasteiger partial charge on any atom is -0.396 e. The van der Waals surface area contributed by atoms with Crippen molar-refractivity contribution >= 4 is 0 Å². The molecule has 0 saturated carbocycles. The summed E-state index contributed by atoms with van der Waals surface area (Å²) >= 11 is 0. The van der Waals surface area contributed by atoms with E-state index >= 15 is 0 Å². The van der Waals surface area contributed by atoms with E-state index in [1.54, 1.807) is 0 Å². The molecule has 0 aliphatic carbocycles. The van der Waals surface area contributed by atoms with Crippen LogP contribution in [-0.2, 0) is 18.5 Å². The molecular formula is C13H22N2O. The number of aliphatic hydroxyl groups is 1. The van der Waals surface area contributed by atoms with Crippen molar-refractivity contribution in [1.82, 2.24) is 0 Å². The Kier molecular flexibility index (Phi) is 4.47. The third kappa shape index (κ3) is 2.61. The molecule has 3 heteroatoms. The molecule has 0 aliphatic rings. The van der Waals surface area contributed by atoms with Crippen LogP contribution in [-0.4, -0.2) is 11.7 Å². The van der Waals surface area contributed by atoms with E-state index in [1.165, 1.54) is 5.56 Å². The molecule has 0 unspecified atom stereocenters. The molecule has 0 fully saturated rings. The Morgan fingerprint density at radius 2 is 1.94 bits per heavy atom. The highest BCUT2D eigenvalue weighted by Gasteiger charge is 2.23. The topological polar surface area (TPSA) is 72.3 Å². The van der Waals surface area contributed by atoms with Gasteiger partial charge in [0.2, 0.25) is 0 Å². The van der Waals surface area contributed by atoms with Crippen molar-refractivity contribution in [2.24, 2.45) is 11.5 Å². The zero-order chi connectivity index (χ0) is 12.2. The van der Waals surface area contributed by atoms with Crippen LogP contribution >= 0.6 is 0 Å². The van der Waals surface area contributed by atoms with Crippen LogP contribution < -0.4 is 11.5 Å². The van der Waals surface area contributed by atoms with E-state index in [9.17, 15) is 0 Å². The molecule has 0 aliphatic heterocycles. The molecule has 90 valence electrons. The van der Waals surface area contributed by atoms with Crippen LogP contribution in [0.4, 0.5) is 0 Å². The van der Waals surface area contributed by atoms with Gasteiger partial charge in [0.1, 0.15) is 0 Å². The molecule has 0 heterocycles. The molecule has 0 radical (unpaired) electrons. The third-order valence-corrected chi connectivity index (χ3v) is 3.09. The fourth-order valence-electron chi connectivity index (χ4n) is 2.03. The van der Waals surface area contributed by atoms with Gasteiger partial charge in [0.15, 0.2) is 0 Å². The predicted molar refractivity (Wildman–Crippen MR) is 67.0 cm³/mol. The van der Waals surface area contributed by atoms with Crippen molar-refractivity contribution in [3.63, 3.8) is 0 Å². The molecule has 0 spiro atoms. The average Bonchev–Trinajstić information content (AvgIpc) is 2.29. The van der Waals surface area contributed by atoms with Gasteiger partial charge in [-0.1, -0.05) is 32.0 Å². The summed E-state index contributed by atoms with van der Waals surface area (Å²) in [5.41, 5.74) is 14.8. The van der Waals surface area contributed by atoms with Crippen LogP contribution in [0.15, 0.2) is 18.2 Å². The third-order valence-electron chi connectivity index (χ3n) is 3.09. The maximum absolute atomic E-state index is 9.03. The molecule has 1 aromatic carbocycles. The highest BCUT2D eigenvalue weighted by Crippen LogP contribution is 2.24. The summed E-state index contributed by atoms with van der Waals surface area (Å²) in [5, 5.41) is 9.03. The second-order valence-electron chi connectivity index (χ2n) is 4.16.